The predicted molar refractivity (Wildman–Crippen MR) is 144 cm³/mol. The first kappa shape index (κ1) is 25.9. The summed E-state index contributed by atoms with van der Waals surface area (Å²) in [7, 11) is 0. The highest BCUT2D eigenvalue weighted by atomic mass is 19.1. The first-order valence-electron chi connectivity index (χ1n) is 13.6. The van der Waals surface area contributed by atoms with Crippen LogP contribution in [0.25, 0.3) is 0 Å². The summed E-state index contributed by atoms with van der Waals surface area (Å²) in [5.74, 6) is 0.263. The molecular weight excluding hydrogens is 467 g/mol. The molecule has 2 saturated heterocycles. The SMILES string of the molecule is Cc1ccc(F)cc1N1CC(C)(C)N([C@H]2CNC[C@@H](C(=O)N[C@H](CC3CC3)c3ccccc3)C2)CC1=O. The van der Waals surface area contributed by atoms with Crippen LogP contribution >= 0.6 is 0 Å². The van der Waals surface area contributed by atoms with E-state index < -0.39 is 0 Å². The molecule has 2 amide bonds. The van der Waals surface area contributed by atoms with Gasteiger partial charge in [0.15, 0.2) is 0 Å². The van der Waals surface area contributed by atoms with Crippen LogP contribution in [0, 0.1) is 24.6 Å². The van der Waals surface area contributed by atoms with E-state index in [0.717, 1.165) is 18.5 Å². The number of nitrogens with zero attached hydrogens (tertiary/aromatic N) is 2. The Kier molecular flexibility index (Phi) is 7.37. The standard InChI is InChI=1S/C30H39FN4O2/c1-20-9-12-24(31)15-27(20)34-19-30(2,3)35(18-28(34)36)25-14-23(16-32-17-25)29(37)33-26(13-21-10-11-21)22-7-5-4-6-8-22/h4-9,12,15,21,23,25-26,32H,10-11,13-14,16-19H2,1-3H3,(H,33,37)/t23-,25+,26+/m0/s1. The van der Waals surface area contributed by atoms with Crippen LogP contribution in [0.2, 0.25) is 0 Å². The molecular formula is C30H39FN4O2. The van der Waals surface area contributed by atoms with E-state index >= 15 is 0 Å². The minimum absolute atomic E-state index is 0.0341. The maximum Gasteiger partial charge on any atom is 0.241 e. The lowest BCUT2D eigenvalue weighted by atomic mass is 9.88. The summed E-state index contributed by atoms with van der Waals surface area (Å²) < 4.78 is 14.0. The lowest BCUT2D eigenvalue weighted by molar-refractivity contribution is -0.129. The van der Waals surface area contributed by atoms with E-state index in [1.54, 1.807) is 11.0 Å². The Hall–Kier alpha value is -2.77. The van der Waals surface area contributed by atoms with E-state index in [4.69, 9.17) is 0 Å². The summed E-state index contributed by atoms with van der Waals surface area (Å²) in [6.45, 7) is 8.27. The van der Waals surface area contributed by atoms with Gasteiger partial charge in [0.2, 0.25) is 11.8 Å². The zero-order valence-electron chi connectivity index (χ0n) is 22.2. The van der Waals surface area contributed by atoms with Crippen LogP contribution in [0.5, 0.6) is 0 Å². The number of aryl methyl sites for hydroxylation is 1. The van der Waals surface area contributed by atoms with Crippen molar-refractivity contribution in [1.82, 2.24) is 15.5 Å². The first-order chi connectivity index (χ1) is 17.7. The van der Waals surface area contributed by atoms with E-state index in [1.165, 1.54) is 30.5 Å². The van der Waals surface area contributed by atoms with Crippen molar-refractivity contribution in [2.45, 2.75) is 64.1 Å². The van der Waals surface area contributed by atoms with E-state index in [2.05, 4.69) is 41.5 Å². The minimum atomic E-state index is -0.338. The quantitative estimate of drug-likeness (QED) is 0.591. The number of amides is 2. The van der Waals surface area contributed by atoms with Gasteiger partial charge in [-0.3, -0.25) is 14.5 Å². The second-order valence-electron chi connectivity index (χ2n) is 11.7. The minimum Gasteiger partial charge on any atom is -0.349 e. The molecule has 0 bridgehead atoms. The molecule has 37 heavy (non-hydrogen) atoms. The van der Waals surface area contributed by atoms with Crippen molar-refractivity contribution in [2.24, 2.45) is 11.8 Å². The Morgan fingerprint density at radius 3 is 2.65 bits per heavy atom. The largest absolute Gasteiger partial charge is 0.349 e. The molecule has 0 aromatic heterocycles. The Morgan fingerprint density at radius 2 is 1.92 bits per heavy atom. The number of hydrogen-bond acceptors (Lipinski definition) is 4. The molecule has 2 aromatic rings. The van der Waals surface area contributed by atoms with Gasteiger partial charge >= 0.3 is 0 Å². The highest BCUT2D eigenvalue weighted by Gasteiger charge is 2.44. The monoisotopic (exact) mass is 506 g/mol. The van der Waals surface area contributed by atoms with Gasteiger partial charge in [-0.15, -0.1) is 0 Å². The predicted octanol–water partition coefficient (Wildman–Crippen LogP) is 4.20. The zero-order chi connectivity index (χ0) is 26.2. The van der Waals surface area contributed by atoms with Crippen molar-refractivity contribution in [3.05, 3.63) is 65.5 Å². The highest BCUT2D eigenvalue weighted by molar-refractivity contribution is 5.96. The zero-order valence-corrected chi connectivity index (χ0v) is 22.2. The number of anilines is 1. The number of benzene rings is 2. The molecule has 0 unspecified atom stereocenters. The summed E-state index contributed by atoms with van der Waals surface area (Å²) in [6, 6.07) is 15.0. The summed E-state index contributed by atoms with van der Waals surface area (Å²) in [5.41, 5.74) is 2.36. The lowest BCUT2D eigenvalue weighted by Crippen LogP contribution is -2.67. The average Bonchev–Trinajstić information content (AvgIpc) is 3.71. The van der Waals surface area contributed by atoms with E-state index in [-0.39, 0.29) is 47.7 Å². The molecule has 1 aliphatic carbocycles. The van der Waals surface area contributed by atoms with E-state index in [9.17, 15) is 14.0 Å². The Balaban J connectivity index is 1.27. The van der Waals surface area contributed by atoms with Crippen molar-refractivity contribution in [3.63, 3.8) is 0 Å². The van der Waals surface area contributed by atoms with Crippen molar-refractivity contribution in [1.29, 1.82) is 0 Å². The molecule has 3 atom stereocenters. The fourth-order valence-corrected chi connectivity index (χ4v) is 6.02. The third-order valence-electron chi connectivity index (χ3n) is 8.31. The molecule has 0 radical (unpaired) electrons. The number of piperidine rings is 1. The molecule has 5 rings (SSSR count). The van der Waals surface area contributed by atoms with Crippen LogP contribution < -0.4 is 15.5 Å². The number of nitrogens with one attached hydrogen (secondary N) is 2. The van der Waals surface area contributed by atoms with Gasteiger partial charge in [0.05, 0.1) is 18.5 Å². The maximum absolute atomic E-state index is 14.0. The molecule has 3 aliphatic rings. The first-order valence-corrected chi connectivity index (χ1v) is 13.6. The number of rotatable bonds is 7. The van der Waals surface area contributed by atoms with Gasteiger partial charge in [-0.1, -0.05) is 49.2 Å². The molecule has 2 heterocycles. The topological polar surface area (TPSA) is 64.7 Å². The smallest absolute Gasteiger partial charge is 0.241 e. The summed E-state index contributed by atoms with van der Waals surface area (Å²) in [4.78, 5) is 30.7. The van der Waals surface area contributed by atoms with Gasteiger partial charge in [0.1, 0.15) is 5.82 Å². The normalized spacial score (nSPS) is 25.1. The van der Waals surface area contributed by atoms with Crippen LogP contribution in [0.15, 0.2) is 48.5 Å². The fraction of sp³-hybridized carbons (Fsp3) is 0.533. The number of hydrogen-bond donors (Lipinski definition) is 2. The van der Waals surface area contributed by atoms with E-state index in [1.807, 2.05) is 25.1 Å². The third-order valence-corrected chi connectivity index (χ3v) is 8.31. The van der Waals surface area contributed by atoms with Crippen LogP contribution in [0.3, 0.4) is 0 Å². The van der Waals surface area contributed by atoms with Gasteiger partial charge in [-0.25, -0.2) is 4.39 Å². The highest BCUT2D eigenvalue weighted by Crippen LogP contribution is 2.38. The van der Waals surface area contributed by atoms with Gasteiger partial charge < -0.3 is 15.5 Å². The second-order valence-corrected chi connectivity index (χ2v) is 11.7. The molecule has 1 saturated carbocycles. The molecule has 6 nitrogen and oxygen atoms in total. The van der Waals surface area contributed by atoms with Crippen LogP contribution in [0.4, 0.5) is 10.1 Å². The van der Waals surface area contributed by atoms with Gasteiger partial charge in [0.25, 0.3) is 0 Å². The van der Waals surface area contributed by atoms with Crippen LogP contribution in [0.1, 0.15) is 56.7 Å². The Labute approximate surface area is 219 Å². The van der Waals surface area contributed by atoms with Gasteiger partial charge in [-0.05, 0) is 62.8 Å². The average molecular weight is 507 g/mol. The van der Waals surface area contributed by atoms with Crippen molar-refractivity contribution in [2.75, 3.05) is 31.1 Å². The molecule has 198 valence electrons. The third kappa shape index (κ3) is 5.88. The molecule has 7 heteroatoms. The maximum atomic E-state index is 14.0. The summed E-state index contributed by atoms with van der Waals surface area (Å²) in [5, 5.41) is 6.82. The van der Waals surface area contributed by atoms with Crippen molar-refractivity contribution < 1.29 is 14.0 Å². The summed E-state index contributed by atoms with van der Waals surface area (Å²) in [6.07, 6.45) is 4.19. The van der Waals surface area contributed by atoms with Gasteiger partial charge in [-0.2, -0.15) is 0 Å². The Bertz CT molecular complexity index is 1130. The number of carbonyl (C=O) groups excluding carboxylic acids is 2. The number of halogens is 1. The van der Waals surface area contributed by atoms with Gasteiger partial charge in [0, 0.05) is 36.9 Å². The molecule has 2 aromatic carbocycles. The molecule has 2 N–H and O–H groups in total. The molecule has 3 fully saturated rings. The van der Waals surface area contributed by atoms with Crippen LogP contribution in [-0.4, -0.2) is 54.5 Å². The van der Waals surface area contributed by atoms with E-state index in [0.29, 0.717) is 31.1 Å². The van der Waals surface area contributed by atoms with Crippen molar-refractivity contribution >= 4 is 17.5 Å². The Morgan fingerprint density at radius 1 is 1.16 bits per heavy atom. The van der Waals surface area contributed by atoms with Crippen molar-refractivity contribution in [3.8, 4) is 0 Å². The number of carbonyl (C=O) groups is 2. The molecule has 2 aliphatic heterocycles. The number of piperazine rings is 1. The fourth-order valence-electron chi connectivity index (χ4n) is 6.02. The lowest BCUT2D eigenvalue weighted by Gasteiger charge is -2.51. The summed E-state index contributed by atoms with van der Waals surface area (Å²) >= 11 is 0. The van der Waals surface area contributed by atoms with Crippen LogP contribution in [-0.2, 0) is 9.59 Å². The molecule has 0 spiro atoms. The second kappa shape index (κ2) is 10.5.